The molecule has 0 aliphatic rings. The fraction of sp³-hybridized carbons (Fsp3) is 0.0476. The van der Waals surface area contributed by atoms with Gasteiger partial charge in [0.05, 0.1) is 0 Å². The van der Waals surface area contributed by atoms with Gasteiger partial charge in [0, 0.05) is 18.0 Å². The second-order valence-electron chi connectivity index (χ2n) is 5.60. The van der Waals surface area contributed by atoms with Gasteiger partial charge in [-0.1, -0.05) is 36.4 Å². The first kappa shape index (κ1) is 17.6. The van der Waals surface area contributed by atoms with Crippen LogP contribution in [0.3, 0.4) is 0 Å². The highest BCUT2D eigenvalue weighted by Crippen LogP contribution is 2.20. The second-order valence-corrected chi connectivity index (χ2v) is 5.60. The Morgan fingerprint density at radius 3 is 1.54 bits per heavy atom. The van der Waals surface area contributed by atoms with E-state index in [2.05, 4.69) is 9.98 Å². The lowest BCUT2D eigenvalue weighted by atomic mass is 10.1. The summed E-state index contributed by atoms with van der Waals surface area (Å²) in [4.78, 5) is 8.67. The molecule has 5 heteroatoms. The Labute approximate surface area is 149 Å². The average Bonchev–Trinajstić information content (AvgIpc) is 2.62. The fourth-order valence-electron chi connectivity index (χ4n) is 2.36. The molecule has 0 bridgehead atoms. The van der Waals surface area contributed by atoms with Crippen LogP contribution in [0.15, 0.2) is 82.8 Å². The molecule has 0 unspecified atom stereocenters. The smallest absolute Gasteiger partial charge is 0.165 e. The average molecular weight is 352 g/mol. The molecular weight excluding hydrogens is 337 g/mol. The number of benzene rings is 3. The van der Waals surface area contributed by atoms with Crippen molar-refractivity contribution < 1.29 is 13.2 Å². The minimum Gasteiger partial charge on any atom is -0.261 e. The van der Waals surface area contributed by atoms with E-state index < -0.39 is 12.0 Å². The number of halogens is 3. The molecule has 0 saturated carbocycles. The van der Waals surface area contributed by atoms with E-state index in [9.17, 15) is 13.2 Å². The van der Waals surface area contributed by atoms with Crippen molar-refractivity contribution in [2.24, 2.45) is 9.98 Å². The van der Waals surface area contributed by atoms with Gasteiger partial charge in [-0.25, -0.2) is 13.2 Å². The maximum atomic E-state index is 13.6. The van der Waals surface area contributed by atoms with Crippen LogP contribution in [0.1, 0.15) is 22.9 Å². The zero-order chi connectivity index (χ0) is 18.4. The van der Waals surface area contributed by atoms with E-state index in [0.29, 0.717) is 16.7 Å². The van der Waals surface area contributed by atoms with Crippen LogP contribution in [-0.2, 0) is 0 Å². The van der Waals surface area contributed by atoms with Crippen LogP contribution in [0.2, 0.25) is 0 Å². The van der Waals surface area contributed by atoms with Crippen LogP contribution in [0.4, 0.5) is 13.2 Å². The monoisotopic (exact) mass is 352 g/mol. The molecule has 130 valence electrons. The lowest BCUT2D eigenvalue weighted by molar-refractivity contribution is 0.621. The molecule has 0 saturated heterocycles. The summed E-state index contributed by atoms with van der Waals surface area (Å²) in [6.07, 6.45) is 2.21. The third kappa shape index (κ3) is 4.89. The van der Waals surface area contributed by atoms with Gasteiger partial charge in [0.2, 0.25) is 0 Å². The van der Waals surface area contributed by atoms with Gasteiger partial charge in [-0.3, -0.25) is 9.98 Å². The molecule has 0 aliphatic carbocycles. The van der Waals surface area contributed by atoms with Crippen molar-refractivity contribution in [1.82, 2.24) is 0 Å². The number of rotatable bonds is 5. The predicted octanol–water partition coefficient (Wildman–Crippen LogP) is 5.34. The summed E-state index contributed by atoms with van der Waals surface area (Å²) in [6, 6.07) is 17.8. The molecule has 3 aromatic rings. The predicted molar refractivity (Wildman–Crippen MR) is 97.1 cm³/mol. The van der Waals surface area contributed by atoms with Crippen LogP contribution >= 0.6 is 0 Å². The summed E-state index contributed by atoms with van der Waals surface area (Å²) in [5, 5.41) is 0. The summed E-state index contributed by atoms with van der Waals surface area (Å²) < 4.78 is 40.2. The van der Waals surface area contributed by atoms with Crippen molar-refractivity contribution in [1.29, 1.82) is 0 Å². The highest BCUT2D eigenvalue weighted by Gasteiger charge is 2.08. The lowest BCUT2D eigenvalue weighted by Gasteiger charge is -2.08. The van der Waals surface area contributed by atoms with Gasteiger partial charge >= 0.3 is 0 Å². The second kappa shape index (κ2) is 8.25. The molecule has 3 rings (SSSR count). The van der Waals surface area contributed by atoms with Crippen molar-refractivity contribution >= 4 is 12.4 Å². The number of nitrogens with zero attached hydrogens (tertiary/aromatic N) is 2. The Bertz CT molecular complexity index is 896. The first-order valence-electron chi connectivity index (χ1n) is 7.93. The summed E-state index contributed by atoms with van der Waals surface area (Å²) in [6.45, 7) is 0. The third-order valence-electron chi connectivity index (χ3n) is 3.57. The summed E-state index contributed by atoms with van der Waals surface area (Å²) >= 11 is 0. The maximum absolute atomic E-state index is 13.6. The largest absolute Gasteiger partial charge is 0.261 e. The van der Waals surface area contributed by atoms with E-state index >= 15 is 0 Å². The standard InChI is InChI=1S/C21H15F3N2/c22-18-7-1-4-15(10-18)13-25-21(17-6-3-9-20(24)12-17)26-14-16-5-2-8-19(23)11-16/h1-14,21H. The first-order valence-corrected chi connectivity index (χ1v) is 7.93. The van der Waals surface area contributed by atoms with Crippen molar-refractivity contribution in [3.8, 4) is 0 Å². The molecule has 0 heterocycles. The molecule has 0 aliphatic heterocycles. The minimum atomic E-state index is -0.739. The summed E-state index contributed by atoms with van der Waals surface area (Å²) in [7, 11) is 0. The van der Waals surface area contributed by atoms with Crippen LogP contribution in [0, 0.1) is 17.5 Å². The van der Waals surface area contributed by atoms with Gasteiger partial charge in [-0.2, -0.15) is 0 Å². The van der Waals surface area contributed by atoms with E-state index in [0.717, 1.165) is 0 Å². The molecule has 0 radical (unpaired) electrons. The van der Waals surface area contributed by atoms with E-state index in [1.807, 2.05) is 0 Å². The fourth-order valence-corrected chi connectivity index (χ4v) is 2.36. The Kier molecular flexibility index (Phi) is 5.59. The molecule has 3 aromatic carbocycles. The van der Waals surface area contributed by atoms with Gasteiger partial charge in [-0.05, 0) is 47.5 Å². The highest BCUT2D eigenvalue weighted by molar-refractivity contribution is 5.81. The molecule has 0 fully saturated rings. The zero-order valence-electron chi connectivity index (χ0n) is 13.7. The van der Waals surface area contributed by atoms with Crippen molar-refractivity contribution in [3.05, 3.63) is 107 Å². The van der Waals surface area contributed by atoms with Crippen LogP contribution < -0.4 is 0 Å². The Morgan fingerprint density at radius 1 is 0.615 bits per heavy atom. The summed E-state index contributed by atoms with van der Waals surface area (Å²) in [5.41, 5.74) is 1.66. The topological polar surface area (TPSA) is 24.7 Å². The van der Waals surface area contributed by atoms with E-state index in [1.165, 1.54) is 48.8 Å². The number of hydrogen-bond donors (Lipinski definition) is 0. The minimum absolute atomic E-state index is 0.375. The van der Waals surface area contributed by atoms with Crippen LogP contribution in [0.5, 0.6) is 0 Å². The van der Waals surface area contributed by atoms with E-state index in [1.54, 1.807) is 36.4 Å². The van der Waals surface area contributed by atoms with E-state index in [4.69, 9.17) is 0 Å². The first-order chi connectivity index (χ1) is 12.6. The molecule has 0 aromatic heterocycles. The Balaban J connectivity index is 1.91. The molecule has 0 spiro atoms. The van der Waals surface area contributed by atoms with Gasteiger partial charge in [0.25, 0.3) is 0 Å². The van der Waals surface area contributed by atoms with Gasteiger partial charge < -0.3 is 0 Å². The summed E-state index contributed by atoms with van der Waals surface area (Å²) in [5.74, 6) is -1.16. The van der Waals surface area contributed by atoms with Crippen molar-refractivity contribution in [3.63, 3.8) is 0 Å². The molecular formula is C21H15F3N2. The Morgan fingerprint density at radius 2 is 1.08 bits per heavy atom. The Hall–Kier alpha value is -3.21. The lowest BCUT2D eigenvalue weighted by Crippen LogP contribution is -1.96. The molecule has 0 N–H and O–H groups in total. The van der Waals surface area contributed by atoms with Crippen molar-refractivity contribution in [2.45, 2.75) is 6.17 Å². The van der Waals surface area contributed by atoms with E-state index in [-0.39, 0.29) is 11.6 Å². The SMILES string of the molecule is Fc1cccc(C=NC(N=Cc2cccc(F)c2)c2cccc(F)c2)c1. The van der Waals surface area contributed by atoms with Crippen LogP contribution in [0.25, 0.3) is 0 Å². The van der Waals surface area contributed by atoms with Crippen molar-refractivity contribution in [2.75, 3.05) is 0 Å². The molecule has 0 atom stereocenters. The normalized spacial score (nSPS) is 12.7. The quantitative estimate of drug-likeness (QED) is 0.554. The van der Waals surface area contributed by atoms with Gasteiger partial charge in [0.15, 0.2) is 6.17 Å². The number of aliphatic imine (C=N–C) groups is 2. The molecule has 0 amide bonds. The zero-order valence-corrected chi connectivity index (χ0v) is 13.7. The highest BCUT2D eigenvalue weighted by atomic mass is 19.1. The van der Waals surface area contributed by atoms with Gasteiger partial charge in [0.1, 0.15) is 17.5 Å². The maximum Gasteiger partial charge on any atom is 0.165 e. The number of hydrogen-bond acceptors (Lipinski definition) is 2. The molecule has 26 heavy (non-hydrogen) atoms. The van der Waals surface area contributed by atoms with Gasteiger partial charge in [-0.15, -0.1) is 0 Å². The molecule has 2 nitrogen and oxygen atoms in total. The third-order valence-corrected chi connectivity index (χ3v) is 3.57. The van der Waals surface area contributed by atoms with Crippen LogP contribution in [-0.4, -0.2) is 12.4 Å².